The number of H-pyrrole nitrogens is 1. The summed E-state index contributed by atoms with van der Waals surface area (Å²) in [7, 11) is 0. The highest BCUT2D eigenvalue weighted by molar-refractivity contribution is 9.10. The lowest BCUT2D eigenvalue weighted by molar-refractivity contribution is -0.745. The minimum Gasteiger partial charge on any atom is -0.306 e. The van der Waals surface area contributed by atoms with Gasteiger partial charge in [0.2, 0.25) is 0 Å². The lowest BCUT2D eigenvalue weighted by Gasteiger charge is -2.14. The van der Waals surface area contributed by atoms with Crippen LogP contribution in [0.2, 0.25) is 0 Å². The molecule has 0 aromatic carbocycles. The van der Waals surface area contributed by atoms with E-state index in [0.29, 0.717) is 10.3 Å². The molecule has 0 saturated heterocycles. The SMILES string of the molecule is C=CC(C)(C)[n+]1ccc(-c2ncc(Br)c(=O)[nH]2)cc1. The topological polar surface area (TPSA) is 49.6 Å². The molecule has 0 aliphatic rings. The van der Waals surface area contributed by atoms with Gasteiger partial charge in [-0.2, -0.15) is 4.57 Å². The van der Waals surface area contributed by atoms with Crippen molar-refractivity contribution in [2.24, 2.45) is 0 Å². The maximum Gasteiger partial charge on any atom is 0.265 e. The molecule has 0 radical (unpaired) electrons. The Morgan fingerprint density at radius 2 is 2.05 bits per heavy atom. The van der Waals surface area contributed by atoms with E-state index >= 15 is 0 Å². The highest BCUT2D eigenvalue weighted by Gasteiger charge is 2.23. The first-order valence-corrected chi connectivity index (χ1v) is 6.64. The molecule has 0 fully saturated rings. The van der Waals surface area contributed by atoms with Crippen molar-refractivity contribution in [3.05, 3.63) is 58.2 Å². The predicted molar refractivity (Wildman–Crippen MR) is 77.7 cm³/mol. The smallest absolute Gasteiger partial charge is 0.265 e. The molecule has 0 aliphatic carbocycles. The summed E-state index contributed by atoms with van der Waals surface area (Å²) in [5.41, 5.74) is 0.521. The minimum atomic E-state index is -0.187. The summed E-state index contributed by atoms with van der Waals surface area (Å²) < 4.78 is 2.47. The van der Waals surface area contributed by atoms with Gasteiger partial charge in [0, 0.05) is 37.7 Å². The molecule has 2 heterocycles. The van der Waals surface area contributed by atoms with Crippen LogP contribution in [0.1, 0.15) is 13.8 Å². The zero-order valence-corrected chi connectivity index (χ0v) is 12.4. The van der Waals surface area contributed by atoms with E-state index in [-0.39, 0.29) is 11.1 Å². The molecule has 1 N–H and O–H groups in total. The first-order chi connectivity index (χ1) is 8.94. The van der Waals surface area contributed by atoms with Gasteiger partial charge in [-0.1, -0.05) is 6.58 Å². The lowest BCUT2D eigenvalue weighted by atomic mass is 10.1. The third kappa shape index (κ3) is 2.81. The zero-order valence-electron chi connectivity index (χ0n) is 10.9. The summed E-state index contributed by atoms with van der Waals surface area (Å²) in [6, 6.07) is 3.83. The summed E-state index contributed by atoms with van der Waals surface area (Å²) in [5, 5.41) is 0. The number of pyridine rings is 1. The van der Waals surface area contributed by atoms with Crippen molar-refractivity contribution >= 4 is 15.9 Å². The molecule has 0 saturated carbocycles. The molecule has 0 aliphatic heterocycles. The van der Waals surface area contributed by atoms with E-state index in [1.165, 1.54) is 6.20 Å². The van der Waals surface area contributed by atoms with Crippen molar-refractivity contribution in [3.63, 3.8) is 0 Å². The first-order valence-electron chi connectivity index (χ1n) is 5.84. The summed E-state index contributed by atoms with van der Waals surface area (Å²) in [5.74, 6) is 0.553. The Bertz CT molecular complexity index is 659. The van der Waals surface area contributed by atoms with Gasteiger partial charge in [-0.05, 0) is 22.0 Å². The van der Waals surface area contributed by atoms with E-state index in [2.05, 4.69) is 46.3 Å². The average Bonchev–Trinajstić information content (AvgIpc) is 2.42. The van der Waals surface area contributed by atoms with Crippen LogP contribution in [-0.4, -0.2) is 9.97 Å². The fourth-order valence-corrected chi connectivity index (χ4v) is 1.80. The Morgan fingerprint density at radius 3 is 2.58 bits per heavy atom. The van der Waals surface area contributed by atoms with Gasteiger partial charge in [0.05, 0.1) is 0 Å². The van der Waals surface area contributed by atoms with E-state index < -0.39 is 0 Å². The monoisotopic (exact) mass is 320 g/mol. The van der Waals surface area contributed by atoms with E-state index in [9.17, 15) is 4.79 Å². The highest BCUT2D eigenvalue weighted by atomic mass is 79.9. The van der Waals surface area contributed by atoms with Crippen LogP contribution in [-0.2, 0) is 5.54 Å². The summed E-state index contributed by atoms with van der Waals surface area (Å²) in [6.45, 7) is 7.96. The molecule has 2 aromatic rings. The van der Waals surface area contributed by atoms with E-state index in [4.69, 9.17) is 0 Å². The summed E-state index contributed by atoms with van der Waals surface area (Å²) in [6.07, 6.45) is 7.27. The van der Waals surface area contributed by atoms with Crippen LogP contribution in [0.4, 0.5) is 0 Å². The second-order valence-corrected chi connectivity index (χ2v) is 5.62. The van der Waals surface area contributed by atoms with Gasteiger partial charge in [-0.3, -0.25) is 4.79 Å². The second-order valence-electron chi connectivity index (χ2n) is 4.76. The largest absolute Gasteiger partial charge is 0.306 e. The van der Waals surface area contributed by atoms with Crippen LogP contribution in [0, 0.1) is 0 Å². The van der Waals surface area contributed by atoms with Gasteiger partial charge in [0.15, 0.2) is 17.9 Å². The molecular formula is C14H15BrN3O+. The predicted octanol–water partition coefficient (Wildman–Crippen LogP) is 2.41. The summed E-state index contributed by atoms with van der Waals surface area (Å²) in [4.78, 5) is 18.4. The highest BCUT2D eigenvalue weighted by Crippen LogP contribution is 2.13. The molecule has 2 rings (SSSR count). The number of allylic oxidation sites excluding steroid dienone is 1. The molecule has 19 heavy (non-hydrogen) atoms. The van der Waals surface area contributed by atoms with Crippen molar-refractivity contribution in [1.29, 1.82) is 0 Å². The fourth-order valence-electron chi connectivity index (χ4n) is 1.60. The Hall–Kier alpha value is -1.75. The van der Waals surface area contributed by atoms with Crippen molar-refractivity contribution in [3.8, 4) is 11.4 Å². The fraction of sp³-hybridized carbons (Fsp3) is 0.214. The van der Waals surface area contributed by atoms with Gasteiger partial charge in [-0.15, -0.1) is 0 Å². The van der Waals surface area contributed by atoms with Gasteiger partial charge >= 0.3 is 0 Å². The Morgan fingerprint density at radius 1 is 1.42 bits per heavy atom. The Balaban J connectivity index is 2.40. The van der Waals surface area contributed by atoms with Crippen molar-refractivity contribution in [2.45, 2.75) is 19.4 Å². The standard InChI is InChI=1S/C14H14BrN3O/c1-4-14(2,3)18-7-5-10(6-8-18)12-16-9-11(15)13(19)17-12/h4-9H,1H2,2-3H3/p+1. The van der Waals surface area contributed by atoms with Gasteiger partial charge in [0.25, 0.3) is 5.56 Å². The third-order valence-electron chi connectivity index (χ3n) is 3.02. The first kappa shape index (κ1) is 13.7. The molecule has 0 amide bonds. The minimum absolute atomic E-state index is 0.154. The number of halogens is 1. The zero-order chi connectivity index (χ0) is 14.0. The molecule has 0 unspecified atom stereocenters. The van der Waals surface area contributed by atoms with Crippen LogP contribution in [0.15, 0.2) is 52.6 Å². The third-order valence-corrected chi connectivity index (χ3v) is 3.59. The maximum absolute atomic E-state index is 11.5. The van der Waals surface area contributed by atoms with Crippen LogP contribution in [0.3, 0.4) is 0 Å². The van der Waals surface area contributed by atoms with E-state index in [1.54, 1.807) is 0 Å². The number of aromatic nitrogens is 3. The molecular weight excluding hydrogens is 306 g/mol. The number of aromatic amines is 1. The number of hydrogen-bond acceptors (Lipinski definition) is 2. The molecule has 98 valence electrons. The molecule has 2 aromatic heterocycles. The quantitative estimate of drug-likeness (QED) is 0.697. The van der Waals surface area contributed by atoms with Gasteiger partial charge in [-0.25, -0.2) is 4.98 Å². The Labute approximate surface area is 120 Å². The number of rotatable bonds is 3. The van der Waals surface area contributed by atoms with Gasteiger partial charge in [0.1, 0.15) is 10.3 Å². The van der Waals surface area contributed by atoms with Crippen LogP contribution in [0.5, 0.6) is 0 Å². The number of hydrogen-bond donors (Lipinski definition) is 1. The molecule has 0 atom stereocenters. The lowest BCUT2D eigenvalue weighted by Crippen LogP contribution is -2.50. The van der Waals surface area contributed by atoms with Crippen molar-refractivity contribution < 1.29 is 4.57 Å². The Kier molecular flexibility index (Phi) is 3.66. The van der Waals surface area contributed by atoms with E-state index in [0.717, 1.165) is 5.56 Å². The summed E-state index contributed by atoms with van der Waals surface area (Å²) >= 11 is 3.13. The van der Waals surface area contributed by atoms with Crippen molar-refractivity contribution in [2.75, 3.05) is 0 Å². The van der Waals surface area contributed by atoms with E-state index in [1.807, 2.05) is 35.2 Å². The number of nitrogens with zero attached hydrogens (tertiary/aromatic N) is 2. The molecule has 4 nitrogen and oxygen atoms in total. The normalized spacial score (nSPS) is 11.3. The molecule has 0 spiro atoms. The van der Waals surface area contributed by atoms with Crippen LogP contribution < -0.4 is 10.1 Å². The van der Waals surface area contributed by atoms with Crippen LogP contribution >= 0.6 is 15.9 Å². The molecule has 0 bridgehead atoms. The van der Waals surface area contributed by atoms with Crippen LogP contribution in [0.25, 0.3) is 11.4 Å². The van der Waals surface area contributed by atoms with Crippen molar-refractivity contribution in [1.82, 2.24) is 9.97 Å². The molecule has 5 heteroatoms. The second kappa shape index (κ2) is 5.09. The average molecular weight is 321 g/mol. The number of nitrogens with one attached hydrogen (secondary N) is 1. The van der Waals surface area contributed by atoms with Gasteiger partial charge < -0.3 is 4.98 Å². The maximum atomic E-state index is 11.5.